The van der Waals surface area contributed by atoms with E-state index >= 15 is 0 Å². The first-order valence-electron chi connectivity index (χ1n) is 8.96. The number of nitrogens with zero attached hydrogens (tertiary/aromatic N) is 1. The molecule has 2 bridgehead atoms. The van der Waals surface area contributed by atoms with E-state index in [9.17, 15) is 0 Å². The highest BCUT2D eigenvalue weighted by molar-refractivity contribution is 7.98. The van der Waals surface area contributed by atoms with E-state index in [2.05, 4.69) is 66.7 Å². The molecule has 1 nitrogen and oxygen atoms in total. The summed E-state index contributed by atoms with van der Waals surface area (Å²) in [5, 5.41) is 0. The van der Waals surface area contributed by atoms with Crippen molar-refractivity contribution in [3.05, 3.63) is 70.8 Å². The van der Waals surface area contributed by atoms with Crippen molar-refractivity contribution >= 4 is 17.3 Å². The molecule has 2 heteroatoms. The van der Waals surface area contributed by atoms with Gasteiger partial charge in [-0.1, -0.05) is 42.0 Å². The van der Waals surface area contributed by atoms with E-state index in [1.807, 2.05) is 11.8 Å². The van der Waals surface area contributed by atoms with Crippen molar-refractivity contribution in [1.29, 1.82) is 0 Å². The largest absolute Gasteiger partial charge is 0.299 e. The first-order chi connectivity index (χ1) is 11.8. The lowest BCUT2D eigenvalue weighted by molar-refractivity contribution is 0.193. The van der Waals surface area contributed by atoms with E-state index in [0.29, 0.717) is 12.0 Å². The number of hydrogen-bond donors (Lipinski definition) is 0. The lowest BCUT2D eigenvalue weighted by Crippen LogP contribution is -2.41. The van der Waals surface area contributed by atoms with Crippen LogP contribution in [0.25, 0.3) is 5.57 Å². The minimum absolute atomic E-state index is 0.611. The molecule has 3 atom stereocenters. The molecule has 122 valence electrons. The number of piperidine rings is 1. The second kappa shape index (κ2) is 5.50. The van der Waals surface area contributed by atoms with Crippen LogP contribution in [0.1, 0.15) is 41.9 Å². The Morgan fingerprint density at radius 1 is 1.00 bits per heavy atom. The zero-order valence-corrected chi connectivity index (χ0v) is 15.1. The summed E-state index contributed by atoms with van der Waals surface area (Å²) in [4.78, 5) is 4.00. The lowest BCUT2D eigenvalue weighted by atomic mass is 9.83. The van der Waals surface area contributed by atoms with Crippen LogP contribution in [0.5, 0.6) is 0 Å². The highest BCUT2D eigenvalue weighted by Gasteiger charge is 2.47. The smallest absolute Gasteiger partial charge is 0.0220 e. The zero-order valence-electron chi connectivity index (χ0n) is 14.3. The number of likely N-dealkylation sites (N-methyl/N-ethyl adjacent to an activating group) is 1. The summed E-state index contributed by atoms with van der Waals surface area (Å²) in [5.74, 6) is 0.611. The molecular formula is C22H23NS. The van der Waals surface area contributed by atoms with E-state index in [1.165, 1.54) is 40.9 Å². The van der Waals surface area contributed by atoms with Gasteiger partial charge < -0.3 is 0 Å². The maximum Gasteiger partial charge on any atom is 0.0220 e. The molecule has 24 heavy (non-hydrogen) atoms. The van der Waals surface area contributed by atoms with Crippen molar-refractivity contribution < 1.29 is 0 Å². The third-order valence-electron chi connectivity index (χ3n) is 6.38. The number of fused-ring (bicyclic) bond motifs is 6. The summed E-state index contributed by atoms with van der Waals surface area (Å²) in [7, 11) is 2.34. The second-order valence-electron chi connectivity index (χ2n) is 7.36. The fourth-order valence-corrected chi connectivity index (χ4v) is 5.63. The maximum atomic E-state index is 2.66. The van der Waals surface area contributed by atoms with Crippen LogP contribution < -0.4 is 0 Å². The first kappa shape index (κ1) is 14.8. The highest BCUT2D eigenvalue weighted by atomic mass is 32.2. The number of thioether (sulfide) groups is 1. The van der Waals surface area contributed by atoms with Crippen LogP contribution >= 0.6 is 11.8 Å². The van der Waals surface area contributed by atoms with Crippen LogP contribution in [0.3, 0.4) is 0 Å². The van der Waals surface area contributed by atoms with Crippen LogP contribution in [0, 0.1) is 0 Å². The van der Waals surface area contributed by atoms with Crippen molar-refractivity contribution in [2.75, 3.05) is 13.3 Å². The highest BCUT2D eigenvalue weighted by Crippen LogP contribution is 2.55. The molecule has 0 N–H and O–H groups in total. The molecule has 0 aromatic heterocycles. The molecule has 5 rings (SSSR count). The molecule has 3 aliphatic rings. The summed E-state index contributed by atoms with van der Waals surface area (Å²) in [6.45, 7) is 0. The van der Waals surface area contributed by atoms with E-state index in [-0.39, 0.29) is 0 Å². The van der Waals surface area contributed by atoms with Gasteiger partial charge in [-0.25, -0.2) is 0 Å². The van der Waals surface area contributed by atoms with E-state index < -0.39 is 0 Å². The molecule has 1 aliphatic carbocycles. The topological polar surface area (TPSA) is 3.24 Å². The zero-order chi connectivity index (χ0) is 16.3. The van der Waals surface area contributed by atoms with Gasteiger partial charge in [-0.05, 0) is 67.0 Å². The number of benzene rings is 2. The van der Waals surface area contributed by atoms with Crippen LogP contribution in [-0.2, 0) is 0 Å². The fourth-order valence-electron chi connectivity index (χ4n) is 5.22. The van der Waals surface area contributed by atoms with E-state index in [0.717, 1.165) is 6.04 Å². The Morgan fingerprint density at radius 2 is 1.79 bits per heavy atom. The van der Waals surface area contributed by atoms with Gasteiger partial charge in [0.15, 0.2) is 0 Å². The van der Waals surface area contributed by atoms with E-state index in [1.54, 1.807) is 11.1 Å². The van der Waals surface area contributed by atoms with Gasteiger partial charge in [0.2, 0.25) is 0 Å². The Hall–Kier alpha value is -1.51. The molecule has 2 heterocycles. The standard InChI is InChI=1S/C22H23NS/c1-23-15-9-12-20(23)22-18-6-4-3-5-17(18)21(19(22)13-15)14-7-10-16(24-2)11-8-14/h3-8,10-11,15,20,22H,9,12-13H2,1-2H3. The minimum Gasteiger partial charge on any atom is -0.299 e. The van der Waals surface area contributed by atoms with Crippen molar-refractivity contribution in [3.63, 3.8) is 0 Å². The number of rotatable bonds is 2. The summed E-state index contributed by atoms with van der Waals surface area (Å²) < 4.78 is 0. The molecule has 2 fully saturated rings. The number of hydrogen-bond acceptors (Lipinski definition) is 2. The lowest BCUT2D eigenvalue weighted by Gasteiger charge is -2.38. The molecule has 0 amide bonds. The van der Waals surface area contributed by atoms with Gasteiger partial charge in [0.1, 0.15) is 0 Å². The van der Waals surface area contributed by atoms with Gasteiger partial charge in [0.25, 0.3) is 0 Å². The Morgan fingerprint density at radius 3 is 2.58 bits per heavy atom. The molecule has 2 aromatic rings. The normalized spacial score (nSPS) is 28.2. The molecule has 0 radical (unpaired) electrons. The van der Waals surface area contributed by atoms with Crippen molar-refractivity contribution in [2.24, 2.45) is 0 Å². The Bertz CT molecular complexity index is 820. The Kier molecular flexibility index (Phi) is 3.39. The minimum atomic E-state index is 0.611. The second-order valence-corrected chi connectivity index (χ2v) is 8.24. The molecule has 2 saturated heterocycles. The molecular weight excluding hydrogens is 310 g/mol. The van der Waals surface area contributed by atoms with Gasteiger partial charge in [-0.3, -0.25) is 4.90 Å². The van der Waals surface area contributed by atoms with Crippen molar-refractivity contribution in [1.82, 2.24) is 4.90 Å². The Labute approximate surface area is 148 Å². The molecule has 0 spiro atoms. The summed E-state index contributed by atoms with van der Waals surface area (Å²) in [6, 6.07) is 19.8. The van der Waals surface area contributed by atoms with Gasteiger partial charge in [-0.15, -0.1) is 11.8 Å². The Balaban J connectivity index is 1.70. The third-order valence-corrected chi connectivity index (χ3v) is 7.12. The van der Waals surface area contributed by atoms with Crippen LogP contribution in [0.15, 0.2) is 59.0 Å². The van der Waals surface area contributed by atoms with Crippen LogP contribution in [-0.4, -0.2) is 30.3 Å². The summed E-state index contributed by atoms with van der Waals surface area (Å²) in [6.07, 6.45) is 6.10. The molecule has 2 aromatic carbocycles. The average molecular weight is 334 g/mol. The maximum absolute atomic E-state index is 2.66. The quantitative estimate of drug-likeness (QED) is 0.697. The van der Waals surface area contributed by atoms with Crippen molar-refractivity contribution in [2.45, 2.75) is 42.2 Å². The van der Waals surface area contributed by atoms with Gasteiger partial charge in [-0.2, -0.15) is 0 Å². The van der Waals surface area contributed by atoms with Crippen molar-refractivity contribution in [3.8, 4) is 0 Å². The summed E-state index contributed by atoms with van der Waals surface area (Å²) >= 11 is 1.82. The molecule has 2 aliphatic heterocycles. The molecule has 3 unspecified atom stereocenters. The first-order valence-corrected chi connectivity index (χ1v) is 10.2. The average Bonchev–Trinajstić information content (AvgIpc) is 3.06. The predicted molar refractivity (Wildman–Crippen MR) is 103 cm³/mol. The predicted octanol–water partition coefficient (Wildman–Crippen LogP) is 5.17. The fraction of sp³-hybridized carbons (Fsp3) is 0.364. The summed E-state index contributed by atoms with van der Waals surface area (Å²) in [5.41, 5.74) is 7.69. The van der Waals surface area contributed by atoms with Crippen LogP contribution in [0.4, 0.5) is 0 Å². The SMILES string of the molecule is CSc1ccc(C2=C3CC4CCC(C3c3ccccc32)N4C)cc1. The van der Waals surface area contributed by atoms with E-state index in [4.69, 9.17) is 0 Å². The third kappa shape index (κ3) is 1.99. The van der Waals surface area contributed by atoms with Gasteiger partial charge >= 0.3 is 0 Å². The van der Waals surface area contributed by atoms with Crippen LogP contribution in [0.2, 0.25) is 0 Å². The monoisotopic (exact) mass is 333 g/mol. The van der Waals surface area contributed by atoms with Gasteiger partial charge in [0, 0.05) is 22.9 Å². The van der Waals surface area contributed by atoms with Gasteiger partial charge in [0.05, 0.1) is 0 Å². The molecule has 0 saturated carbocycles.